The Morgan fingerprint density at radius 2 is 2.15 bits per heavy atom. The van der Waals surface area contributed by atoms with Crippen molar-refractivity contribution in [1.29, 1.82) is 0 Å². The van der Waals surface area contributed by atoms with Gasteiger partial charge in [0.1, 0.15) is 0 Å². The highest BCUT2D eigenvalue weighted by Gasteiger charge is 2.19. The number of aliphatic hydroxyl groups excluding tert-OH is 1. The van der Waals surface area contributed by atoms with Gasteiger partial charge in [-0.25, -0.2) is 13.1 Å². The molecule has 0 spiro atoms. The van der Waals surface area contributed by atoms with E-state index in [0.717, 1.165) is 5.56 Å². The number of thiophene rings is 1. The second-order valence-electron chi connectivity index (χ2n) is 4.31. The van der Waals surface area contributed by atoms with E-state index in [1.807, 2.05) is 16.8 Å². The lowest BCUT2D eigenvalue weighted by Gasteiger charge is -2.13. The summed E-state index contributed by atoms with van der Waals surface area (Å²) in [5, 5.41) is 13.1. The first-order chi connectivity index (χ1) is 9.44. The lowest BCUT2D eigenvalue weighted by atomic mass is 10.2. The van der Waals surface area contributed by atoms with Gasteiger partial charge in [0.2, 0.25) is 10.0 Å². The predicted molar refractivity (Wildman–Crippen MR) is 80.4 cm³/mol. The molecule has 0 radical (unpaired) electrons. The molecule has 7 heteroatoms. The third-order valence-corrected chi connectivity index (χ3v) is 5.47. The van der Waals surface area contributed by atoms with Crippen LogP contribution in [0, 0.1) is 0 Å². The number of sulfonamides is 1. The van der Waals surface area contributed by atoms with Gasteiger partial charge >= 0.3 is 0 Å². The Morgan fingerprint density at radius 1 is 1.40 bits per heavy atom. The zero-order chi connectivity index (χ0) is 14.8. The van der Waals surface area contributed by atoms with Crippen LogP contribution in [-0.4, -0.2) is 13.5 Å². The number of hydrogen-bond donors (Lipinski definition) is 2. The lowest BCUT2D eigenvalue weighted by molar-refractivity contribution is 0.282. The average Bonchev–Trinajstić information content (AvgIpc) is 2.92. The molecule has 0 aliphatic heterocycles. The van der Waals surface area contributed by atoms with Gasteiger partial charge < -0.3 is 5.11 Å². The van der Waals surface area contributed by atoms with E-state index < -0.39 is 10.0 Å². The van der Waals surface area contributed by atoms with Crippen molar-refractivity contribution in [3.05, 3.63) is 51.2 Å². The minimum absolute atomic E-state index is 0.0850. The molecule has 4 nitrogen and oxygen atoms in total. The second kappa shape index (κ2) is 6.24. The van der Waals surface area contributed by atoms with E-state index >= 15 is 0 Å². The Labute approximate surface area is 127 Å². The molecule has 20 heavy (non-hydrogen) atoms. The van der Waals surface area contributed by atoms with Crippen LogP contribution in [0.3, 0.4) is 0 Å². The molecule has 1 atom stereocenters. The van der Waals surface area contributed by atoms with Gasteiger partial charge in [0.25, 0.3) is 0 Å². The number of halogens is 1. The molecular weight excluding hydrogens is 318 g/mol. The van der Waals surface area contributed by atoms with E-state index in [9.17, 15) is 8.42 Å². The van der Waals surface area contributed by atoms with Crippen LogP contribution in [0.2, 0.25) is 5.02 Å². The third-order valence-electron chi connectivity index (χ3n) is 2.88. The van der Waals surface area contributed by atoms with Crippen molar-refractivity contribution in [2.75, 3.05) is 0 Å². The van der Waals surface area contributed by atoms with Gasteiger partial charge in [0, 0.05) is 11.1 Å². The summed E-state index contributed by atoms with van der Waals surface area (Å²) in [6, 6.07) is 5.84. The molecule has 0 bridgehead atoms. The molecule has 2 aromatic rings. The highest BCUT2D eigenvalue weighted by atomic mass is 35.5. The minimum atomic E-state index is -3.64. The van der Waals surface area contributed by atoms with Crippen LogP contribution >= 0.6 is 22.9 Å². The van der Waals surface area contributed by atoms with Gasteiger partial charge in [-0.15, -0.1) is 0 Å². The lowest BCUT2D eigenvalue weighted by Crippen LogP contribution is -2.26. The summed E-state index contributed by atoms with van der Waals surface area (Å²) in [5.74, 6) is 0. The first-order valence-corrected chi connectivity index (χ1v) is 8.68. The second-order valence-corrected chi connectivity index (χ2v) is 7.21. The minimum Gasteiger partial charge on any atom is -0.392 e. The fraction of sp³-hybridized carbons (Fsp3) is 0.231. The van der Waals surface area contributed by atoms with Crippen LogP contribution in [0.1, 0.15) is 24.1 Å². The molecule has 0 aliphatic rings. The zero-order valence-electron chi connectivity index (χ0n) is 10.7. The van der Waals surface area contributed by atoms with E-state index in [1.165, 1.54) is 29.5 Å². The van der Waals surface area contributed by atoms with Gasteiger partial charge in [0.15, 0.2) is 0 Å². The molecule has 0 aliphatic carbocycles. The fourth-order valence-electron chi connectivity index (χ4n) is 1.71. The SMILES string of the molecule is CC(NS(=O)(=O)c1ccc(CO)c(Cl)c1)c1ccsc1. The van der Waals surface area contributed by atoms with Crippen LogP contribution < -0.4 is 4.72 Å². The number of hydrogen-bond acceptors (Lipinski definition) is 4. The summed E-state index contributed by atoms with van der Waals surface area (Å²) in [5.41, 5.74) is 1.41. The molecule has 0 saturated heterocycles. The van der Waals surface area contributed by atoms with E-state index in [1.54, 1.807) is 6.92 Å². The molecule has 0 saturated carbocycles. The van der Waals surface area contributed by atoms with Crippen molar-refractivity contribution >= 4 is 33.0 Å². The van der Waals surface area contributed by atoms with Crippen molar-refractivity contribution in [3.8, 4) is 0 Å². The number of benzene rings is 1. The quantitative estimate of drug-likeness (QED) is 0.885. The molecule has 1 heterocycles. The number of nitrogens with one attached hydrogen (secondary N) is 1. The van der Waals surface area contributed by atoms with Crippen molar-refractivity contribution < 1.29 is 13.5 Å². The van der Waals surface area contributed by atoms with Gasteiger partial charge in [-0.3, -0.25) is 0 Å². The van der Waals surface area contributed by atoms with E-state index in [0.29, 0.717) is 5.56 Å². The summed E-state index contributed by atoms with van der Waals surface area (Å²) in [4.78, 5) is 0.0850. The predicted octanol–water partition coefficient (Wildman–Crippen LogP) is 2.93. The zero-order valence-corrected chi connectivity index (χ0v) is 13.1. The standard InChI is InChI=1S/C13H14ClNO3S2/c1-9(11-4-5-19-8-11)15-20(17,18)12-3-2-10(7-16)13(14)6-12/h2-6,8-9,15-16H,7H2,1H3. The van der Waals surface area contributed by atoms with Gasteiger partial charge in [-0.1, -0.05) is 17.7 Å². The third kappa shape index (κ3) is 3.39. The van der Waals surface area contributed by atoms with Crippen LogP contribution in [0.5, 0.6) is 0 Å². The molecule has 1 aromatic carbocycles. The van der Waals surface area contributed by atoms with Crippen molar-refractivity contribution in [2.24, 2.45) is 0 Å². The maximum Gasteiger partial charge on any atom is 0.241 e. The van der Waals surface area contributed by atoms with Gasteiger partial charge in [-0.05, 0) is 47.0 Å². The largest absolute Gasteiger partial charge is 0.392 e. The summed E-state index contributed by atoms with van der Waals surface area (Å²) in [6.45, 7) is 1.56. The van der Waals surface area contributed by atoms with E-state index in [2.05, 4.69) is 4.72 Å². The molecule has 0 fully saturated rings. The molecule has 0 amide bonds. The molecule has 2 N–H and O–H groups in total. The summed E-state index contributed by atoms with van der Waals surface area (Å²) < 4.78 is 27.1. The van der Waals surface area contributed by atoms with E-state index in [4.69, 9.17) is 16.7 Å². The van der Waals surface area contributed by atoms with Crippen LogP contribution in [0.25, 0.3) is 0 Å². The number of aliphatic hydroxyl groups is 1. The maximum atomic E-state index is 12.3. The Kier molecular flexibility index (Phi) is 4.82. The first-order valence-electron chi connectivity index (χ1n) is 5.88. The highest BCUT2D eigenvalue weighted by molar-refractivity contribution is 7.89. The molecular formula is C13H14ClNO3S2. The molecule has 1 unspecified atom stereocenters. The Hall–Kier alpha value is -0.920. The van der Waals surface area contributed by atoms with Crippen molar-refractivity contribution in [1.82, 2.24) is 4.72 Å². The summed E-state index contributed by atoms with van der Waals surface area (Å²) in [6.07, 6.45) is 0. The smallest absolute Gasteiger partial charge is 0.241 e. The van der Waals surface area contributed by atoms with Crippen LogP contribution in [-0.2, 0) is 16.6 Å². The van der Waals surface area contributed by atoms with Crippen LogP contribution in [0.4, 0.5) is 0 Å². The fourth-order valence-corrected chi connectivity index (χ4v) is 4.03. The summed E-state index contributed by atoms with van der Waals surface area (Å²) >= 11 is 7.43. The summed E-state index contributed by atoms with van der Waals surface area (Å²) in [7, 11) is -3.64. The van der Waals surface area contributed by atoms with Crippen molar-refractivity contribution in [3.63, 3.8) is 0 Å². The topological polar surface area (TPSA) is 66.4 Å². The first kappa shape index (κ1) is 15.5. The average molecular weight is 332 g/mol. The van der Waals surface area contributed by atoms with Crippen molar-refractivity contribution in [2.45, 2.75) is 24.5 Å². The maximum absolute atomic E-state index is 12.3. The Balaban J connectivity index is 2.24. The monoisotopic (exact) mass is 331 g/mol. The molecule has 1 aromatic heterocycles. The Morgan fingerprint density at radius 3 is 2.70 bits per heavy atom. The molecule has 108 valence electrons. The molecule has 2 rings (SSSR count). The van der Waals surface area contributed by atoms with Gasteiger partial charge in [-0.2, -0.15) is 11.3 Å². The Bertz CT molecular complexity index is 684. The normalized spacial score (nSPS) is 13.3. The van der Waals surface area contributed by atoms with Crippen LogP contribution in [0.15, 0.2) is 39.9 Å². The highest BCUT2D eigenvalue weighted by Crippen LogP contribution is 2.23. The van der Waals surface area contributed by atoms with Gasteiger partial charge in [0.05, 0.1) is 11.5 Å². The number of rotatable bonds is 5. The van der Waals surface area contributed by atoms with E-state index in [-0.39, 0.29) is 22.6 Å².